The lowest BCUT2D eigenvalue weighted by Crippen LogP contribution is -2.43. The van der Waals surface area contributed by atoms with E-state index in [0.717, 1.165) is 5.56 Å². The summed E-state index contributed by atoms with van der Waals surface area (Å²) < 4.78 is 5.62. The maximum Gasteiger partial charge on any atom is 0.269 e. The maximum atomic E-state index is 12.0. The first-order valence-corrected chi connectivity index (χ1v) is 8.53. The monoisotopic (exact) mass is 389 g/mol. The number of ether oxygens (including phenoxy) is 1. The molecule has 0 bridgehead atoms. The molecule has 9 heteroatoms. The molecular weight excluding hydrogens is 374 g/mol. The molecule has 0 saturated heterocycles. The van der Waals surface area contributed by atoms with E-state index < -0.39 is 28.7 Å². The summed E-state index contributed by atoms with van der Waals surface area (Å²) in [6.45, 7) is 0.324. The van der Waals surface area contributed by atoms with Gasteiger partial charge in [0.2, 0.25) is 11.9 Å². The van der Waals surface area contributed by atoms with Crippen LogP contribution in [0.5, 0.6) is 5.75 Å². The van der Waals surface area contributed by atoms with Gasteiger partial charge in [-0.3, -0.25) is 30.6 Å². The van der Waals surface area contributed by atoms with Crippen molar-refractivity contribution in [3.05, 3.63) is 74.8 Å². The second-order valence-corrected chi connectivity index (χ2v) is 6.51. The summed E-state index contributed by atoms with van der Waals surface area (Å²) in [5, 5.41) is 11.2. The first kappa shape index (κ1) is 18.7. The molecule has 1 aliphatic carbocycles. The molecule has 0 unspecified atom stereocenters. The smallest absolute Gasteiger partial charge is 0.269 e. The minimum atomic E-state index is -0.859. The number of carbonyl (C=O) groups is 2. The number of halogens is 1. The van der Waals surface area contributed by atoms with Crippen molar-refractivity contribution >= 4 is 23.4 Å². The number of amides is 2. The Morgan fingerprint density at radius 3 is 2.37 bits per heavy atom. The molecule has 2 atom stereocenters. The fraction of sp³-hybridized carbons (Fsp3) is 0.222. The van der Waals surface area contributed by atoms with Crippen LogP contribution in [0.1, 0.15) is 22.3 Å². The van der Waals surface area contributed by atoms with Gasteiger partial charge in [0, 0.05) is 21.9 Å². The van der Waals surface area contributed by atoms with Crippen molar-refractivity contribution in [3.8, 4) is 5.75 Å². The summed E-state index contributed by atoms with van der Waals surface area (Å²) in [5.74, 6) is -1.07. The molecule has 2 amide bonds. The van der Waals surface area contributed by atoms with Gasteiger partial charge < -0.3 is 4.74 Å². The number of hydrogen-bond donors (Lipinski definition) is 2. The van der Waals surface area contributed by atoms with Crippen LogP contribution in [-0.4, -0.2) is 22.8 Å². The first-order chi connectivity index (χ1) is 12.9. The molecule has 0 aliphatic heterocycles. The molecule has 0 heterocycles. The minimum Gasteiger partial charge on any atom is -0.489 e. The second kappa shape index (κ2) is 8.05. The highest BCUT2D eigenvalue weighted by Crippen LogP contribution is 2.32. The average Bonchev–Trinajstić information content (AvgIpc) is 3.47. The Labute approximate surface area is 159 Å². The van der Waals surface area contributed by atoms with E-state index in [1.54, 1.807) is 48.5 Å². The quantitative estimate of drug-likeness (QED) is 0.582. The van der Waals surface area contributed by atoms with E-state index in [9.17, 15) is 19.7 Å². The molecule has 2 N–H and O–H groups in total. The zero-order chi connectivity index (χ0) is 19.4. The lowest BCUT2D eigenvalue weighted by molar-refractivity contribution is -0.497. The summed E-state index contributed by atoms with van der Waals surface area (Å²) in [6, 6.07) is 12.8. The van der Waals surface area contributed by atoms with Gasteiger partial charge >= 0.3 is 0 Å². The van der Waals surface area contributed by atoms with Crippen LogP contribution in [-0.2, 0) is 11.4 Å². The summed E-state index contributed by atoms with van der Waals surface area (Å²) in [5.41, 5.74) is 5.67. The van der Waals surface area contributed by atoms with E-state index in [0.29, 0.717) is 22.9 Å². The Morgan fingerprint density at radius 1 is 1.11 bits per heavy atom. The molecule has 8 nitrogen and oxygen atoms in total. The van der Waals surface area contributed by atoms with Crippen LogP contribution < -0.4 is 15.6 Å². The van der Waals surface area contributed by atoms with Gasteiger partial charge in [0.05, 0.1) is 0 Å². The zero-order valence-corrected chi connectivity index (χ0v) is 14.8. The van der Waals surface area contributed by atoms with Crippen molar-refractivity contribution in [2.24, 2.45) is 5.92 Å². The molecule has 0 spiro atoms. The molecule has 1 aliphatic rings. The second-order valence-electron chi connectivity index (χ2n) is 6.08. The van der Waals surface area contributed by atoms with Crippen LogP contribution in [0.15, 0.2) is 48.5 Å². The number of hydrazine groups is 1. The van der Waals surface area contributed by atoms with E-state index >= 15 is 0 Å². The molecule has 0 aromatic heterocycles. The standard InChI is InChI=1S/C18H16ClN3O5/c19-13-5-7-14(8-6-13)27-10-11-1-3-12(4-2-11)17(23)20-21-18(24)15-9-16(15)22(25)26/h1-8,15-16H,9-10H2,(H,20,23)(H,21,24)/t15-,16-/m1/s1. The number of nitrogens with zero attached hydrogens (tertiary/aromatic N) is 1. The Kier molecular flexibility index (Phi) is 5.56. The SMILES string of the molecule is O=C(NNC(=O)[C@@H]1C[C@H]1[N+](=O)[O-])c1ccc(COc2ccc(Cl)cc2)cc1. The lowest BCUT2D eigenvalue weighted by Gasteiger charge is -2.08. The molecule has 27 heavy (non-hydrogen) atoms. The molecule has 2 aromatic carbocycles. The number of benzene rings is 2. The predicted molar refractivity (Wildman–Crippen MR) is 96.7 cm³/mol. The van der Waals surface area contributed by atoms with Crippen LogP contribution in [0.3, 0.4) is 0 Å². The maximum absolute atomic E-state index is 12.0. The van der Waals surface area contributed by atoms with Crippen molar-refractivity contribution in [1.29, 1.82) is 0 Å². The number of rotatable bonds is 6. The van der Waals surface area contributed by atoms with Crippen molar-refractivity contribution in [3.63, 3.8) is 0 Å². The van der Waals surface area contributed by atoms with Gasteiger partial charge in [-0.1, -0.05) is 23.7 Å². The Hall–Kier alpha value is -3.13. The zero-order valence-electron chi connectivity index (χ0n) is 14.1. The molecular formula is C18H16ClN3O5. The molecule has 1 fully saturated rings. The molecule has 0 radical (unpaired) electrons. The third kappa shape index (κ3) is 4.95. The minimum absolute atomic E-state index is 0.191. The largest absolute Gasteiger partial charge is 0.489 e. The van der Waals surface area contributed by atoms with Crippen LogP contribution in [0.4, 0.5) is 0 Å². The van der Waals surface area contributed by atoms with Gasteiger partial charge in [-0.2, -0.15) is 0 Å². The molecule has 140 valence electrons. The number of nitro groups is 1. The predicted octanol–water partition coefficient (Wildman–Crippen LogP) is 2.35. The van der Waals surface area contributed by atoms with Gasteiger partial charge in [0.15, 0.2) is 0 Å². The number of nitrogens with one attached hydrogen (secondary N) is 2. The third-order valence-electron chi connectivity index (χ3n) is 4.10. The fourth-order valence-corrected chi connectivity index (χ4v) is 2.56. The fourth-order valence-electron chi connectivity index (χ4n) is 2.43. The average molecular weight is 390 g/mol. The van der Waals surface area contributed by atoms with Crippen molar-refractivity contribution in [2.75, 3.05) is 0 Å². The topological polar surface area (TPSA) is 111 Å². The van der Waals surface area contributed by atoms with E-state index in [4.69, 9.17) is 16.3 Å². The summed E-state index contributed by atoms with van der Waals surface area (Å²) in [7, 11) is 0. The van der Waals surface area contributed by atoms with E-state index in [1.165, 1.54) is 0 Å². The summed E-state index contributed by atoms with van der Waals surface area (Å²) in [6.07, 6.45) is 0.191. The lowest BCUT2D eigenvalue weighted by atomic mass is 10.1. The van der Waals surface area contributed by atoms with E-state index in [1.807, 2.05) is 0 Å². The third-order valence-corrected chi connectivity index (χ3v) is 4.35. The van der Waals surface area contributed by atoms with Crippen molar-refractivity contribution in [2.45, 2.75) is 19.1 Å². The first-order valence-electron chi connectivity index (χ1n) is 8.15. The van der Waals surface area contributed by atoms with Crippen LogP contribution >= 0.6 is 11.6 Å². The van der Waals surface area contributed by atoms with Crippen LogP contribution in [0.25, 0.3) is 0 Å². The van der Waals surface area contributed by atoms with Crippen LogP contribution in [0.2, 0.25) is 5.02 Å². The van der Waals surface area contributed by atoms with Crippen molar-refractivity contribution < 1.29 is 19.2 Å². The summed E-state index contributed by atoms with van der Waals surface area (Å²) in [4.78, 5) is 33.8. The Bertz CT molecular complexity index is 854. The van der Waals surface area contributed by atoms with E-state index in [2.05, 4.69) is 10.9 Å². The molecule has 3 rings (SSSR count). The Balaban J connectivity index is 1.46. The highest BCUT2D eigenvalue weighted by Gasteiger charge is 2.53. The normalized spacial score (nSPS) is 17.7. The highest BCUT2D eigenvalue weighted by atomic mass is 35.5. The van der Waals surface area contributed by atoms with E-state index in [-0.39, 0.29) is 6.42 Å². The van der Waals surface area contributed by atoms with Gasteiger partial charge in [0.25, 0.3) is 5.91 Å². The van der Waals surface area contributed by atoms with Gasteiger partial charge in [-0.25, -0.2) is 0 Å². The Morgan fingerprint density at radius 2 is 1.78 bits per heavy atom. The number of hydrogen-bond acceptors (Lipinski definition) is 5. The molecule has 2 aromatic rings. The van der Waals surface area contributed by atoms with Gasteiger partial charge in [0.1, 0.15) is 18.3 Å². The number of carbonyl (C=O) groups excluding carboxylic acids is 2. The van der Waals surface area contributed by atoms with Gasteiger partial charge in [-0.15, -0.1) is 0 Å². The van der Waals surface area contributed by atoms with Crippen LogP contribution in [0, 0.1) is 16.0 Å². The molecule has 1 saturated carbocycles. The van der Waals surface area contributed by atoms with Crippen molar-refractivity contribution in [1.82, 2.24) is 10.9 Å². The van der Waals surface area contributed by atoms with Gasteiger partial charge in [-0.05, 0) is 42.0 Å². The highest BCUT2D eigenvalue weighted by molar-refractivity contribution is 6.30. The summed E-state index contributed by atoms with van der Waals surface area (Å²) >= 11 is 5.81.